The minimum atomic E-state index is -0.238. The third-order valence-corrected chi connectivity index (χ3v) is 3.13. The maximum Gasteiger partial charge on any atom is 0.163 e. The third-order valence-electron chi connectivity index (χ3n) is 3.13. The zero-order valence-electron chi connectivity index (χ0n) is 12.6. The fourth-order valence-electron chi connectivity index (χ4n) is 2.00. The molecule has 0 saturated heterocycles. The van der Waals surface area contributed by atoms with Gasteiger partial charge in [-0.05, 0) is 43.7 Å². The number of carbonyl (C=O) groups excluding carboxylic acids is 2. The Balaban J connectivity index is 2.44. The molecule has 0 aromatic heterocycles. The lowest BCUT2D eigenvalue weighted by Crippen LogP contribution is -2.05. The zero-order valence-corrected chi connectivity index (χ0v) is 12.6. The summed E-state index contributed by atoms with van der Waals surface area (Å²) >= 11 is 0. The van der Waals surface area contributed by atoms with E-state index in [0.29, 0.717) is 0 Å². The Bertz CT molecular complexity index is 771. The van der Waals surface area contributed by atoms with Gasteiger partial charge in [0, 0.05) is 11.1 Å². The maximum atomic E-state index is 11.6. The van der Waals surface area contributed by atoms with Crippen LogP contribution in [0.25, 0.3) is 6.08 Å². The average Bonchev–Trinajstić information content (AvgIpc) is 2.52. The fourth-order valence-corrected chi connectivity index (χ4v) is 2.00. The fraction of sp³-hybridized carbons (Fsp3) is 0.100. The molecule has 0 radical (unpaired) electrons. The van der Waals surface area contributed by atoms with Gasteiger partial charge in [0.25, 0.3) is 0 Å². The van der Waals surface area contributed by atoms with Crippen LogP contribution in [0.15, 0.2) is 60.2 Å². The van der Waals surface area contributed by atoms with Gasteiger partial charge in [0.15, 0.2) is 11.6 Å². The van der Waals surface area contributed by atoms with E-state index in [-0.39, 0.29) is 17.1 Å². The lowest BCUT2D eigenvalue weighted by atomic mass is 10.0. The highest BCUT2D eigenvalue weighted by Gasteiger charge is 2.10. The molecule has 0 aliphatic carbocycles. The first kappa shape index (κ1) is 15.5. The number of hydrogen-bond donors (Lipinski definition) is 0. The molecule has 0 unspecified atom stereocenters. The Hall–Kier alpha value is -2.92. The summed E-state index contributed by atoms with van der Waals surface area (Å²) in [6, 6.07) is 17.1. The Morgan fingerprint density at radius 1 is 0.818 bits per heavy atom. The van der Waals surface area contributed by atoms with Crippen molar-refractivity contribution in [1.82, 2.24) is 0 Å². The van der Waals surface area contributed by atoms with Crippen molar-refractivity contribution >= 4 is 17.6 Å². The number of benzene rings is 2. The molecular weight excluding hydrogens is 272 g/mol. The molecule has 0 saturated carbocycles. The largest absolute Gasteiger partial charge is 0.294 e. The summed E-state index contributed by atoms with van der Waals surface area (Å²) in [5.41, 5.74) is 2.66. The molecule has 2 nitrogen and oxygen atoms in total. The predicted molar refractivity (Wildman–Crippen MR) is 88.2 cm³/mol. The lowest BCUT2D eigenvalue weighted by molar-refractivity contribution is -0.119. The molecule has 0 fully saturated rings. The first-order valence-corrected chi connectivity index (χ1v) is 6.97. The van der Waals surface area contributed by atoms with Gasteiger partial charge in [-0.2, -0.15) is 0 Å². The smallest absolute Gasteiger partial charge is 0.163 e. The van der Waals surface area contributed by atoms with E-state index in [9.17, 15) is 9.59 Å². The average molecular weight is 288 g/mol. The van der Waals surface area contributed by atoms with Crippen LogP contribution >= 0.6 is 0 Å². The van der Waals surface area contributed by atoms with Gasteiger partial charge >= 0.3 is 0 Å². The second-order valence-corrected chi connectivity index (χ2v) is 4.87. The summed E-state index contributed by atoms with van der Waals surface area (Å²) < 4.78 is 0. The maximum absolute atomic E-state index is 11.6. The van der Waals surface area contributed by atoms with Gasteiger partial charge in [-0.15, -0.1) is 0 Å². The molecule has 0 heterocycles. The second kappa shape index (κ2) is 7.19. The van der Waals surface area contributed by atoms with Crippen molar-refractivity contribution in [3.8, 4) is 11.8 Å². The van der Waals surface area contributed by atoms with Crippen molar-refractivity contribution in [2.75, 3.05) is 0 Å². The molecule has 0 atom stereocenters. The Morgan fingerprint density at radius 2 is 1.41 bits per heavy atom. The monoisotopic (exact) mass is 288 g/mol. The Kier molecular flexibility index (Phi) is 5.06. The van der Waals surface area contributed by atoms with E-state index in [1.54, 1.807) is 6.08 Å². The summed E-state index contributed by atoms with van der Waals surface area (Å²) in [5, 5.41) is 0. The van der Waals surface area contributed by atoms with Gasteiger partial charge in [0.1, 0.15) is 0 Å². The molecule has 0 bridgehead atoms. The molecule has 0 N–H and O–H groups in total. The Labute approximate surface area is 130 Å². The number of Topliss-reactive ketones (excluding diaryl/α,β-unsaturated/α-hetero) is 2. The van der Waals surface area contributed by atoms with Crippen LogP contribution in [0.2, 0.25) is 0 Å². The van der Waals surface area contributed by atoms with Crippen molar-refractivity contribution in [2.24, 2.45) is 0 Å². The van der Waals surface area contributed by atoms with Gasteiger partial charge in [-0.25, -0.2) is 0 Å². The van der Waals surface area contributed by atoms with E-state index < -0.39 is 0 Å². The zero-order chi connectivity index (χ0) is 15.9. The predicted octanol–water partition coefficient (Wildman–Crippen LogP) is 3.65. The molecule has 0 amide bonds. The molecule has 0 aliphatic rings. The van der Waals surface area contributed by atoms with Crippen LogP contribution in [0.5, 0.6) is 0 Å². The summed E-state index contributed by atoms with van der Waals surface area (Å²) in [6.07, 6.45) is 1.61. The minimum Gasteiger partial charge on any atom is -0.294 e. The van der Waals surface area contributed by atoms with Crippen molar-refractivity contribution in [1.29, 1.82) is 0 Å². The van der Waals surface area contributed by atoms with Crippen LogP contribution < -0.4 is 0 Å². The van der Waals surface area contributed by atoms with Crippen LogP contribution in [0, 0.1) is 11.8 Å². The van der Waals surface area contributed by atoms with Gasteiger partial charge in [-0.1, -0.05) is 48.2 Å². The quantitative estimate of drug-likeness (QED) is 0.374. The van der Waals surface area contributed by atoms with Crippen LogP contribution in [0.4, 0.5) is 0 Å². The molecule has 108 valence electrons. The second-order valence-electron chi connectivity index (χ2n) is 4.87. The third kappa shape index (κ3) is 4.04. The number of rotatable bonds is 3. The van der Waals surface area contributed by atoms with Crippen LogP contribution in [0.3, 0.4) is 0 Å². The highest BCUT2D eigenvalue weighted by atomic mass is 16.1. The summed E-state index contributed by atoms with van der Waals surface area (Å²) in [4.78, 5) is 23.1. The summed E-state index contributed by atoms with van der Waals surface area (Å²) in [5.74, 6) is 5.70. The van der Waals surface area contributed by atoms with Gasteiger partial charge in [-0.3, -0.25) is 9.59 Å². The summed E-state index contributed by atoms with van der Waals surface area (Å²) in [7, 11) is 0. The lowest BCUT2D eigenvalue weighted by Gasteiger charge is -2.02. The van der Waals surface area contributed by atoms with Crippen LogP contribution in [-0.4, -0.2) is 11.6 Å². The van der Waals surface area contributed by atoms with Crippen molar-refractivity contribution in [3.05, 3.63) is 76.9 Å². The molecule has 2 aromatic carbocycles. The molecule has 2 aromatic rings. The highest BCUT2D eigenvalue weighted by Crippen LogP contribution is 2.14. The van der Waals surface area contributed by atoms with E-state index in [1.165, 1.54) is 13.8 Å². The number of ketones is 2. The highest BCUT2D eigenvalue weighted by molar-refractivity contribution is 6.21. The van der Waals surface area contributed by atoms with E-state index in [1.807, 2.05) is 54.6 Å². The molecule has 0 spiro atoms. The molecular formula is C20H16O2. The summed E-state index contributed by atoms with van der Waals surface area (Å²) in [6.45, 7) is 2.79. The van der Waals surface area contributed by atoms with Crippen molar-refractivity contribution in [2.45, 2.75) is 13.8 Å². The first-order chi connectivity index (χ1) is 10.6. The van der Waals surface area contributed by atoms with Crippen LogP contribution in [0.1, 0.15) is 30.5 Å². The van der Waals surface area contributed by atoms with Crippen LogP contribution in [-0.2, 0) is 9.59 Å². The van der Waals surface area contributed by atoms with Gasteiger partial charge < -0.3 is 0 Å². The number of allylic oxidation sites excluding steroid dienone is 1. The molecule has 2 rings (SSSR count). The molecule has 2 heteroatoms. The topological polar surface area (TPSA) is 34.1 Å². The Morgan fingerprint density at radius 3 is 2.05 bits per heavy atom. The minimum absolute atomic E-state index is 0.189. The number of hydrogen-bond acceptors (Lipinski definition) is 2. The molecule has 22 heavy (non-hydrogen) atoms. The van der Waals surface area contributed by atoms with Crippen molar-refractivity contribution in [3.63, 3.8) is 0 Å². The van der Waals surface area contributed by atoms with Gasteiger partial charge in [0.05, 0.1) is 5.57 Å². The SMILES string of the molecule is CC(=O)C(=Cc1ccccc1C#Cc1ccccc1)C(C)=O. The normalized spacial score (nSPS) is 9.36. The van der Waals surface area contributed by atoms with Gasteiger partial charge in [0.2, 0.25) is 0 Å². The van der Waals surface area contributed by atoms with Crippen molar-refractivity contribution < 1.29 is 9.59 Å². The standard InChI is InChI=1S/C20H16O2/c1-15(21)20(16(2)22)14-19-11-7-6-10-18(19)13-12-17-8-4-3-5-9-17/h3-11,14H,1-2H3. The number of carbonyl (C=O) groups is 2. The van der Waals surface area contributed by atoms with E-state index >= 15 is 0 Å². The molecule has 0 aliphatic heterocycles. The van der Waals surface area contributed by atoms with E-state index in [4.69, 9.17) is 0 Å². The van der Waals surface area contributed by atoms with E-state index in [0.717, 1.165) is 16.7 Å². The van der Waals surface area contributed by atoms with E-state index in [2.05, 4.69) is 11.8 Å². The first-order valence-electron chi connectivity index (χ1n) is 6.97.